The third-order valence-electron chi connectivity index (χ3n) is 3.22. The van der Waals surface area contributed by atoms with Crippen LogP contribution in [-0.2, 0) is 4.79 Å². The molecule has 0 radical (unpaired) electrons. The molecule has 122 valence electrons. The van der Waals surface area contributed by atoms with Crippen molar-refractivity contribution in [3.8, 4) is 17.6 Å². The number of phenolic OH excluding ortho intramolecular Hbond substituents is 2. The number of carbonyl (C=O) groups is 1. The van der Waals surface area contributed by atoms with Gasteiger partial charge in [-0.25, -0.2) is 0 Å². The lowest BCUT2D eigenvalue weighted by atomic mass is 10.0. The minimum absolute atomic E-state index is 0.107. The number of nitrogens with zero attached hydrogens (tertiary/aromatic N) is 3. The van der Waals surface area contributed by atoms with Gasteiger partial charge >= 0.3 is 5.69 Å². The molecule has 1 aromatic rings. The molecule has 0 saturated carbocycles. The van der Waals surface area contributed by atoms with Crippen LogP contribution >= 0.6 is 0 Å². The van der Waals surface area contributed by atoms with E-state index < -0.39 is 33.6 Å². The molecule has 0 aliphatic rings. The summed E-state index contributed by atoms with van der Waals surface area (Å²) in [6.45, 7) is 4.16. The van der Waals surface area contributed by atoms with Crippen molar-refractivity contribution in [3.63, 3.8) is 0 Å². The molecule has 1 amide bonds. The monoisotopic (exact) mass is 320 g/mol. The molecule has 0 aromatic heterocycles. The molecule has 23 heavy (non-hydrogen) atoms. The molecule has 4 N–H and O–H groups in total. The third kappa shape index (κ3) is 3.49. The fourth-order valence-corrected chi connectivity index (χ4v) is 1.94. The Morgan fingerprint density at radius 1 is 1.39 bits per heavy atom. The number of rotatable bonds is 5. The molecule has 1 aromatic carbocycles. The van der Waals surface area contributed by atoms with Crippen LogP contribution in [0.1, 0.15) is 19.4 Å². The number of nitro groups is 1. The molecule has 9 heteroatoms. The van der Waals surface area contributed by atoms with Crippen LogP contribution in [0, 0.1) is 21.4 Å². The normalized spacial score (nSPS) is 11.3. The molecule has 0 aliphatic heterocycles. The predicted molar refractivity (Wildman–Crippen MR) is 81.1 cm³/mol. The summed E-state index contributed by atoms with van der Waals surface area (Å²) < 4.78 is 0. The van der Waals surface area contributed by atoms with Crippen molar-refractivity contribution in [2.75, 3.05) is 13.1 Å². The minimum Gasteiger partial charge on any atom is -0.504 e. The zero-order chi connectivity index (χ0) is 17.7. The predicted octanol–water partition coefficient (Wildman–Crippen LogP) is 1.07. The Morgan fingerprint density at radius 3 is 2.39 bits per heavy atom. The summed E-state index contributed by atoms with van der Waals surface area (Å²) in [4.78, 5) is 23.6. The van der Waals surface area contributed by atoms with E-state index in [0.717, 1.165) is 12.1 Å². The van der Waals surface area contributed by atoms with Gasteiger partial charge in [0, 0.05) is 24.7 Å². The van der Waals surface area contributed by atoms with Gasteiger partial charge in [-0.3, -0.25) is 14.9 Å². The smallest absolute Gasteiger partial charge is 0.315 e. The molecule has 0 spiro atoms. The lowest BCUT2D eigenvalue weighted by Gasteiger charge is -2.18. The van der Waals surface area contributed by atoms with Crippen LogP contribution in [0.3, 0.4) is 0 Å². The molecule has 0 bridgehead atoms. The number of nitrogens with two attached hydrogens (primary N) is 1. The zero-order valence-corrected chi connectivity index (χ0v) is 12.6. The summed E-state index contributed by atoms with van der Waals surface area (Å²) in [6.07, 6.45) is 0. The third-order valence-corrected chi connectivity index (χ3v) is 3.22. The number of hydrogen-bond acceptors (Lipinski definition) is 7. The number of amides is 1. The standard InChI is InChI=1S/C14H16N4O5/c1-3-17(4-2)14(21)9(7-15)12(16)8-5-10(18(22)23)13(20)11(19)6-8/h5-6,19-20H,3-4,16H2,1-2H3/b12-9-. The number of benzene rings is 1. The summed E-state index contributed by atoms with van der Waals surface area (Å²) in [7, 11) is 0. The zero-order valence-electron chi connectivity index (χ0n) is 12.6. The first-order valence-corrected chi connectivity index (χ1v) is 6.68. The van der Waals surface area contributed by atoms with Gasteiger partial charge in [0.2, 0.25) is 5.75 Å². The number of nitro benzene ring substituents is 1. The van der Waals surface area contributed by atoms with Gasteiger partial charge in [-0.05, 0) is 19.9 Å². The fraction of sp³-hybridized carbons (Fsp3) is 0.286. The van der Waals surface area contributed by atoms with Crippen molar-refractivity contribution in [1.82, 2.24) is 4.90 Å². The lowest BCUT2D eigenvalue weighted by molar-refractivity contribution is -0.386. The summed E-state index contributed by atoms with van der Waals surface area (Å²) in [5.74, 6) is -2.31. The fourth-order valence-electron chi connectivity index (χ4n) is 1.94. The highest BCUT2D eigenvalue weighted by atomic mass is 16.6. The van der Waals surface area contributed by atoms with Crippen molar-refractivity contribution < 1.29 is 19.9 Å². The molecule has 9 nitrogen and oxygen atoms in total. The lowest BCUT2D eigenvalue weighted by Crippen LogP contribution is -2.32. The molecule has 1 rings (SSSR count). The van der Waals surface area contributed by atoms with Gasteiger partial charge in [0.05, 0.1) is 10.6 Å². The highest BCUT2D eigenvalue weighted by Gasteiger charge is 2.24. The van der Waals surface area contributed by atoms with Gasteiger partial charge in [-0.2, -0.15) is 5.26 Å². The van der Waals surface area contributed by atoms with Crippen molar-refractivity contribution in [3.05, 3.63) is 33.4 Å². The maximum Gasteiger partial charge on any atom is 0.315 e. The summed E-state index contributed by atoms with van der Waals surface area (Å²) in [5.41, 5.74) is 4.18. The van der Waals surface area contributed by atoms with E-state index >= 15 is 0 Å². The maximum atomic E-state index is 12.2. The number of aromatic hydroxyl groups is 2. The quantitative estimate of drug-likeness (QED) is 0.241. The van der Waals surface area contributed by atoms with Crippen LogP contribution in [0.15, 0.2) is 17.7 Å². The van der Waals surface area contributed by atoms with Crippen LogP contribution in [0.2, 0.25) is 0 Å². The second-order valence-electron chi connectivity index (χ2n) is 4.50. The van der Waals surface area contributed by atoms with E-state index in [1.807, 2.05) is 0 Å². The van der Waals surface area contributed by atoms with Crippen molar-refractivity contribution in [1.29, 1.82) is 5.26 Å². The van der Waals surface area contributed by atoms with Crippen LogP contribution in [0.25, 0.3) is 5.70 Å². The molecular formula is C14H16N4O5. The molecule has 0 heterocycles. The van der Waals surface area contributed by atoms with Crippen molar-refractivity contribution in [2.45, 2.75) is 13.8 Å². The molecule has 0 saturated heterocycles. The Bertz CT molecular complexity index is 717. The van der Waals surface area contributed by atoms with Crippen LogP contribution < -0.4 is 5.73 Å². The molecule has 0 atom stereocenters. The number of likely N-dealkylation sites (N-methyl/N-ethyl adjacent to an activating group) is 1. The van der Waals surface area contributed by atoms with Crippen molar-refractivity contribution in [2.24, 2.45) is 5.73 Å². The molecule has 0 aliphatic carbocycles. The SMILES string of the molecule is CCN(CC)C(=O)/C(C#N)=C(\N)c1cc(O)c(O)c([N+](=O)[O-])c1. The summed E-state index contributed by atoms with van der Waals surface area (Å²) in [5, 5.41) is 39.1. The van der Waals surface area contributed by atoms with E-state index in [9.17, 15) is 30.4 Å². The number of hydrogen-bond donors (Lipinski definition) is 3. The average molecular weight is 320 g/mol. The first-order valence-electron chi connectivity index (χ1n) is 6.68. The molecule has 0 fully saturated rings. The van der Waals surface area contributed by atoms with Gasteiger partial charge in [0.1, 0.15) is 11.6 Å². The Kier molecular flexibility index (Phi) is 5.51. The topological polar surface area (TPSA) is 154 Å². The van der Waals surface area contributed by atoms with Gasteiger partial charge in [0.15, 0.2) is 5.75 Å². The Morgan fingerprint density at radius 2 is 1.96 bits per heavy atom. The van der Waals surface area contributed by atoms with E-state index in [1.165, 1.54) is 4.90 Å². The first-order chi connectivity index (χ1) is 10.8. The van der Waals surface area contributed by atoms with Crippen LogP contribution in [0.4, 0.5) is 5.69 Å². The number of carbonyl (C=O) groups excluding carboxylic acids is 1. The van der Waals surface area contributed by atoms with E-state index in [0.29, 0.717) is 13.1 Å². The molecular weight excluding hydrogens is 304 g/mol. The minimum atomic E-state index is -0.917. The van der Waals surface area contributed by atoms with Gasteiger partial charge in [-0.15, -0.1) is 0 Å². The summed E-state index contributed by atoms with van der Waals surface area (Å²) in [6, 6.07) is 3.52. The van der Waals surface area contributed by atoms with Crippen LogP contribution in [-0.4, -0.2) is 39.0 Å². The van der Waals surface area contributed by atoms with E-state index in [2.05, 4.69) is 0 Å². The summed E-state index contributed by atoms with van der Waals surface area (Å²) >= 11 is 0. The number of phenols is 2. The number of nitriles is 1. The van der Waals surface area contributed by atoms with Gasteiger partial charge in [-0.1, -0.05) is 0 Å². The van der Waals surface area contributed by atoms with Crippen molar-refractivity contribution >= 4 is 17.3 Å². The second kappa shape index (κ2) is 7.13. The molecule has 0 unspecified atom stereocenters. The van der Waals surface area contributed by atoms with Gasteiger partial charge < -0.3 is 20.8 Å². The average Bonchev–Trinajstić information content (AvgIpc) is 2.51. The Balaban J connectivity index is 3.51. The largest absolute Gasteiger partial charge is 0.504 e. The highest BCUT2D eigenvalue weighted by molar-refractivity contribution is 6.04. The Labute approximate surface area is 132 Å². The van der Waals surface area contributed by atoms with E-state index in [4.69, 9.17) is 5.73 Å². The first kappa shape index (κ1) is 17.8. The van der Waals surface area contributed by atoms with E-state index in [1.54, 1.807) is 19.9 Å². The second-order valence-corrected chi connectivity index (χ2v) is 4.50. The Hall–Kier alpha value is -3.28. The van der Waals surface area contributed by atoms with Gasteiger partial charge in [0.25, 0.3) is 5.91 Å². The van der Waals surface area contributed by atoms with Crippen LogP contribution in [0.5, 0.6) is 11.5 Å². The maximum absolute atomic E-state index is 12.2. The van der Waals surface area contributed by atoms with E-state index in [-0.39, 0.29) is 11.3 Å². The highest BCUT2D eigenvalue weighted by Crippen LogP contribution is 2.37.